The first-order valence-electron chi connectivity index (χ1n) is 8.59. The summed E-state index contributed by atoms with van der Waals surface area (Å²) in [5, 5.41) is 7.48. The van der Waals surface area contributed by atoms with Gasteiger partial charge >= 0.3 is 0 Å². The molecule has 4 nitrogen and oxygen atoms in total. The van der Waals surface area contributed by atoms with Crippen LogP contribution in [-0.2, 0) is 11.3 Å². The highest BCUT2D eigenvalue weighted by molar-refractivity contribution is 7.80. The minimum atomic E-state index is 0.502. The summed E-state index contributed by atoms with van der Waals surface area (Å²) in [6, 6.07) is 12.7. The summed E-state index contributed by atoms with van der Waals surface area (Å²) in [4.78, 5) is 2.70. The Balaban J connectivity index is 1.50. The van der Waals surface area contributed by atoms with Crippen LogP contribution >= 0.6 is 12.2 Å². The fourth-order valence-electron chi connectivity index (χ4n) is 3.95. The second-order valence-electron chi connectivity index (χ2n) is 6.60. The van der Waals surface area contributed by atoms with Crippen molar-refractivity contribution < 1.29 is 4.74 Å². The van der Waals surface area contributed by atoms with E-state index in [9.17, 15) is 0 Å². The molecule has 2 saturated heterocycles. The Labute approximate surface area is 144 Å². The molecule has 3 rings (SSSR count). The maximum Gasteiger partial charge on any atom is 0.166 e. The number of methoxy groups -OCH3 is 1. The van der Waals surface area contributed by atoms with Crippen LogP contribution in [0.3, 0.4) is 0 Å². The number of ether oxygens (including phenoxy) is 1. The number of nitrogens with one attached hydrogen (secondary N) is 2. The molecule has 5 heteroatoms. The number of fused-ring (bicyclic) bond motifs is 2. The van der Waals surface area contributed by atoms with Crippen molar-refractivity contribution in [2.45, 2.75) is 50.4 Å². The summed E-state index contributed by atoms with van der Waals surface area (Å²) in [7, 11) is 1.71. The molecule has 2 aliphatic rings. The molecule has 0 spiro atoms. The van der Waals surface area contributed by atoms with Crippen molar-refractivity contribution in [3.63, 3.8) is 0 Å². The SMILES string of the molecule is COCCNC(=S)NC1C[C@@H]2CC[C@@H](C1)N2Cc1ccccc1. The lowest BCUT2D eigenvalue weighted by Crippen LogP contribution is -2.52. The van der Waals surface area contributed by atoms with Gasteiger partial charge in [0.2, 0.25) is 0 Å². The summed E-state index contributed by atoms with van der Waals surface area (Å²) in [6.45, 7) is 2.53. The summed E-state index contributed by atoms with van der Waals surface area (Å²) >= 11 is 5.39. The molecule has 2 bridgehead atoms. The highest BCUT2D eigenvalue weighted by atomic mass is 32.1. The largest absolute Gasteiger partial charge is 0.383 e. The average molecular weight is 334 g/mol. The molecule has 0 unspecified atom stereocenters. The van der Waals surface area contributed by atoms with E-state index in [1.54, 1.807) is 7.11 Å². The lowest BCUT2D eigenvalue weighted by Gasteiger charge is -2.39. The van der Waals surface area contributed by atoms with Crippen LogP contribution in [0.4, 0.5) is 0 Å². The van der Waals surface area contributed by atoms with Gasteiger partial charge < -0.3 is 15.4 Å². The van der Waals surface area contributed by atoms with Gasteiger partial charge in [-0.1, -0.05) is 30.3 Å². The Hall–Kier alpha value is -1.17. The fourth-order valence-corrected chi connectivity index (χ4v) is 4.22. The van der Waals surface area contributed by atoms with Crippen LogP contribution in [0.2, 0.25) is 0 Å². The van der Waals surface area contributed by atoms with Gasteiger partial charge in [0.15, 0.2) is 5.11 Å². The van der Waals surface area contributed by atoms with Gasteiger partial charge in [-0.15, -0.1) is 0 Å². The second kappa shape index (κ2) is 8.08. The van der Waals surface area contributed by atoms with Crippen molar-refractivity contribution in [1.29, 1.82) is 0 Å². The maximum atomic E-state index is 5.39. The van der Waals surface area contributed by atoms with Crippen molar-refractivity contribution in [1.82, 2.24) is 15.5 Å². The molecule has 2 atom stereocenters. The summed E-state index contributed by atoms with van der Waals surface area (Å²) < 4.78 is 5.04. The first-order valence-corrected chi connectivity index (χ1v) is 9.00. The van der Waals surface area contributed by atoms with E-state index in [1.807, 2.05) is 0 Å². The molecule has 0 aliphatic carbocycles. The Morgan fingerprint density at radius 3 is 2.57 bits per heavy atom. The van der Waals surface area contributed by atoms with Gasteiger partial charge in [0.1, 0.15) is 0 Å². The molecule has 0 saturated carbocycles. The van der Waals surface area contributed by atoms with Gasteiger partial charge in [0.25, 0.3) is 0 Å². The lowest BCUT2D eigenvalue weighted by molar-refractivity contribution is 0.114. The summed E-state index contributed by atoms with van der Waals surface area (Å²) in [6.07, 6.45) is 5.02. The number of hydrogen-bond acceptors (Lipinski definition) is 3. The molecule has 23 heavy (non-hydrogen) atoms. The fraction of sp³-hybridized carbons (Fsp3) is 0.611. The van der Waals surface area contributed by atoms with Gasteiger partial charge in [-0.3, -0.25) is 4.90 Å². The van der Waals surface area contributed by atoms with E-state index in [1.165, 1.54) is 31.2 Å². The molecule has 126 valence electrons. The molecule has 0 radical (unpaired) electrons. The molecule has 0 aromatic heterocycles. The summed E-state index contributed by atoms with van der Waals surface area (Å²) in [5.74, 6) is 0. The maximum absolute atomic E-state index is 5.39. The van der Waals surface area contributed by atoms with E-state index >= 15 is 0 Å². The van der Waals surface area contributed by atoms with Crippen LogP contribution < -0.4 is 10.6 Å². The Kier molecular flexibility index (Phi) is 5.86. The number of rotatable bonds is 6. The molecule has 0 amide bonds. The van der Waals surface area contributed by atoms with E-state index in [0.29, 0.717) is 24.7 Å². The molecule has 2 aliphatic heterocycles. The number of thiocarbonyl (C=S) groups is 1. The number of piperidine rings is 1. The third-order valence-electron chi connectivity index (χ3n) is 5.02. The van der Waals surface area contributed by atoms with Crippen LogP contribution in [0.25, 0.3) is 0 Å². The van der Waals surface area contributed by atoms with Crippen molar-refractivity contribution >= 4 is 17.3 Å². The van der Waals surface area contributed by atoms with Crippen LogP contribution in [-0.4, -0.2) is 48.4 Å². The molecular weight excluding hydrogens is 306 g/mol. The molecular formula is C18H27N3OS. The topological polar surface area (TPSA) is 36.5 Å². The zero-order valence-electron chi connectivity index (χ0n) is 13.8. The molecule has 2 N–H and O–H groups in total. The lowest BCUT2D eigenvalue weighted by atomic mass is 9.96. The van der Waals surface area contributed by atoms with Gasteiger partial charge in [0.05, 0.1) is 6.61 Å². The predicted molar refractivity (Wildman–Crippen MR) is 97.4 cm³/mol. The predicted octanol–water partition coefficient (Wildman–Crippen LogP) is 2.29. The monoisotopic (exact) mass is 333 g/mol. The highest BCUT2D eigenvalue weighted by Gasteiger charge is 2.40. The van der Waals surface area contributed by atoms with Crippen molar-refractivity contribution in [2.24, 2.45) is 0 Å². The van der Waals surface area contributed by atoms with Crippen molar-refractivity contribution in [3.8, 4) is 0 Å². The first kappa shape index (κ1) is 16.7. The Morgan fingerprint density at radius 2 is 1.91 bits per heavy atom. The molecule has 1 aromatic rings. The second-order valence-corrected chi connectivity index (χ2v) is 7.01. The van der Waals surface area contributed by atoms with Crippen LogP contribution in [0, 0.1) is 0 Å². The van der Waals surface area contributed by atoms with Crippen LogP contribution in [0.15, 0.2) is 30.3 Å². The average Bonchev–Trinajstić information content (AvgIpc) is 2.79. The standard InChI is InChI=1S/C18H27N3OS/c1-22-10-9-19-18(23)20-15-11-16-7-8-17(12-15)21(16)13-14-5-3-2-4-6-14/h2-6,15-17H,7-13H2,1H3,(H2,19,20,23)/t16-,17-/m0/s1. The van der Waals surface area contributed by atoms with Crippen LogP contribution in [0.5, 0.6) is 0 Å². The molecule has 1 aromatic carbocycles. The Bertz CT molecular complexity index is 496. The minimum absolute atomic E-state index is 0.502. The van der Waals surface area contributed by atoms with Crippen LogP contribution in [0.1, 0.15) is 31.2 Å². The zero-order valence-corrected chi connectivity index (χ0v) is 14.6. The first-order chi connectivity index (χ1) is 11.3. The van der Waals surface area contributed by atoms with Gasteiger partial charge in [-0.05, 0) is 43.5 Å². The highest BCUT2D eigenvalue weighted by Crippen LogP contribution is 2.36. The van der Waals surface area contributed by atoms with E-state index in [2.05, 4.69) is 45.9 Å². The van der Waals surface area contributed by atoms with Gasteiger partial charge in [0, 0.05) is 38.3 Å². The van der Waals surface area contributed by atoms with E-state index < -0.39 is 0 Å². The third kappa shape index (κ3) is 4.43. The Morgan fingerprint density at radius 1 is 1.22 bits per heavy atom. The van der Waals surface area contributed by atoms with Crippen molar-refractivity contribution in [3.05, 3.63) is 35.9 Å². The smallest absolute Gasteiger partial charge is 0.166 e. The minimum Gasteiger partial charge on any atom is -0.383 e. The normalized spacial score (nSPS) is 26.9. The number of benzene rings is 1. The number of hydrogen-bond donors (Lipinski definition) is 2. The van der Waals surface area contributed by atoms with E-state index in [0.717, 1.165) is 18.2 Å². The van der Waals surface area contributed by atoms with Crippen molar-refractivity contribution in [2.75, 3.05) is 20.3 Å². The van der Waals surface area contributed by atoms with Gasteiger partial charge in [-0.2, -0.15) is 0 Å². The quantitative estimate of drug-likeness (QED) is 0.617. The summed E-state index contributed by atoms with van der Waals surface area (Å²) in [5.41, 5.74) is 1.42. The van der Waals surface area contributed by atoms with E-state index in [-0.39, 0.29) is 0 Å². The molecule has 2 heterocycles. The zero-order chi connectivity index (χ0) is 16.1. The van der Waals surface area contributed by atoms with Gasteiger partial charge in [-0.25, -0.2) is 0 Å². The van der Waals surface area contributed by atoms with E-state index in [4.69, 9.17) is 17.0 Å². The molecule has 2 fully saturated rings. The number of nitrogens with zero attached hydrogens (tertiary/aromatic N) is 1. The third-order valence-corrected chi connectivity index (χ3v) is 5.28.